The molecule has 1 N–H and O–H groups in total. The van der Waals surface area contributed by atoms with Gasteiger partial charge >= 0.3 is 0 Å². The fourth-order valence-electron chi connectivity index (χ4n) is 2.90. The molecule has 1 aliphatic heterocycles. The molecule has 1 aromatic rings. The third-order valence-electron chi connectivity index (χ3n) is 3.52. The highest BCUT2D eigenvalue weighted by atomic mass is 35.5. The van der Waals surface area contributed by atoms with Crippen molar-refractivity contribution in [2.45, 2.75) is 32.2 Å². The Balaban J connectivity index is 0.000000963. The topological polar surface area (TPSA) is 21.3 Å². The molecule has 1 unspecified atom stereocenters. The third kappa shape index (κ3) is 1.70. The van der Waals surface area contributed by atoms with Gasteiger partial charge in [-0.1, -0.05) is 13.0 Å². The molecule has 3 heteroatoms. The standard InChI is InChI=1S/C13H17NO.ClH/c1-2-14-11-5-3-9-4-6-12-10(13(9)11)7-8-15-12;/h4,6,11,14H,2-3,5,7-8H2,1H3;1H. The van der Waals surface area contributed by atoms with E-state index in [1.54, 1.807) is 5.56 Å². The molecule has 0 aromatic heterocycles. The lowest BCUT2D eigenvalue weighted by atomic mass is 9.99. The molecule has 0 spiro atoms. The van der Waals surface area contributed by atoms with Gasteiger partial charge in [0.1, 0.15) is 5.75 Å². The molecule has 0 bridgehead atoms. The summed E-state index contributed by atoms with van der Waals surface area (Å²) < 4.78 is 5.62. The summed E-state index contributed by atoms with van der Waals surface area (Å²) in [5, 5.41) is 3.57. The summed E-state index contributed by atoms with van der Waals surface area (Å²) in [7, 11) is 0. The van der Waals surface area contributed by atoms with E-state index in [0.717, 1.165) is 25.3 Å². The Bertz CT molecular complexity index is 390. The highest BCUT2D eigenvalue weighted by Crippen LogP contribution is 2.40. The molecule has 1 aromatic carbocycles. The minimum atomic E-state index is 0. The Hall–Kier alpha value is -0.730. The zero-order chi connectivity index (χ0) is 10.3. The fraction of sp³-hybridized carbons (Fsp3) is 0.538. The van der Waals surface area contributed by atoms with E-state index in [1.807, 2.05) is 0 Å². The van der Waals surface area contributed by atoms with E-state index in [0.29, 0.717) is 6.04 Å². The lowest BCUT2D eigenvalue weighted by molar-refractivity contribution is 0.357. The largest absolute Gasteiger partial charge is 0.493 e. The summed E-state index contributed by atoms with van der Waals surface area (Å²) in [4.78, 5) is 0. The smallest absolute Gasteiger partial charge is 0.122 e. The van der Waals surface area contributed by atoms with Crippen molar-refractivity contribution in [2.75, 3.05) is 13.2 Å². The van der Waals surface area contributed by atoms with E-state index in [2.05, 4.69) is 24.4 Å². The molecule has 0 radical (unpaired) electrons. The van der Waals surface area contributed by atoms with Crippen LogP contribution < -0.4 is 10.1 Å². The maximum absolute atomic E-state index is 5.62. The number of aryl methyl sites for hydroxylation is 1. The monoisotopic (exact) mass is 239 g/mol. The van der Waals surface area contributed by atoms with Crippen molar-refractivity contribution in [3.63, 3.8) is 0 Å². The maximum atomic E-state index is 5.62. The van der Waals surface area contributed by atoms with Crippen LogP contribution in [-0.2, 0) is 12.8 Å². The second-order valence-corrected chi connectivity index (χ2v) is 4.36. The zero-order valence-corrected chi connectivity index (χ0v) is 10.4. The molecule has 3 rings (SSSR count). The quantitative estimate of drug-likeness (QED) is 0.857. The maximum Gasteiger partial charge on any atom is 0.122 e. The first-order valence-electron chi connectivity index (χ1n) is 5.91. The van der Waals surface area contributed by atoms with E-state index in [4.69, 9.17) is 4.74 Å². The first-order chi connectivity index (χ1) is 7.40. The fourth-order valence-corrected chi connectivity index (χ4v) is 2.90. The van der Waals surface area contributed by atoms with Gasteiger partial charge in [0.2, 0.25) is 0 Å². The number of nitrogens with one attached hydrogen (secondary N) is 1. The summed E-state index contributed by atoms with van der Waals surface area (Å²) >= 11 is 0. The highest BCUT2D eigenvalue weighted by Gasteiger charge is 2.28. The summed E-state index contributed by atoms with van der Waals surface area (Å²) in [5.41, 5.74) is 4.55. The predicted octanol–water partition coefficient (Wildman–Crippen LogP) is 2.64. The first-order valence-corrected chi connectivity index (χ1v) is 5.91. The van der Waals surface area contributed by atoms with Crippen molar-refractivity contribution in [3.8, 4) is 5.75 Å². The molecular formula is C13H18ClNO. The molecular weight excluding hydrogens is 222 g/mol. The van der Waals surface area contributed by atoms with Crippen molar-refractivity contribution < 1.29 is 4.74 Å². The van der Waals surface area contributed by atoms with Crippen LogP contribution in [0.1, 0.15) is 36.1 Å². The van der Waals surface area contributed by atoms with Gasteiger partial charge in [-0.05, 0) is 36.6 Å². The number of hydrogen-bond donors (Lipinski definition) is 1. The Morgan fingerprint density at radius 3 is 3.06 bits per heavy atom. The van der Waals surface area contributed by atoms with Gasteiger partial charge in [-0.25, -0.2) is 0 Å². The van der Waals surface area contributed by atoms with Gasteiger partial charge in [0, 0.05) is 18.0 Å². The predicted molar refractivity (Wildman–Crippen MR) is 67.6 cm³/mol. The molecule has 0 amide bonds. The minimum absolute atomic E-state index is 0. The zero-order valence-electron chi connectivity index (χ0n) is 9.58. The highest BCUT2D eigenvalue weighted by molar-refractivity contribution is 5.85. The van der Waals surface area contributed by atoms with Crippen molar-refractivity contribution in [1.82, 2.24) is 5.32 Å². The van der Waals surface area contributed by atoms with Gasteiger partial charge in [-0.2, -0.15) is 0 Å². The van der Waals surface area contributed by atoms with Gasteiger partial charge in [0.05, 0.1) is 6.61 Å². The first kappa shape index (κ1) is 11.7. The Morgan fingerprint density at radius 2 is 2.25 bits per heavy atom. The second kappa shape index (κ2) is 4.64. The van der Waals surface area contributed by atoms with Crippen LogP contribution in [0.3, 0.4) is 0 Å². The van der Waals surface area contributed by atoms with Crippen LogP contribution in [0.25, 0.3) is 0 Å². The molecule has 0 saturated carbocycles. The van der Waals surface area contributed by atoms with E-state index in [9.17, 15) is 0 Å². The van der Waals surface area contributed by atoms with E-state index in [1.165, 1.54) is 24.0 Å². The van der Waals surface area contributed by atoms with E-state index in [-0.39, 0.29) is 12.4 Å². The Labute approximate surface area is 103 Å². The van der Waals surface area contributed by atoms with E-state index >= 15 is 0 Å². The number of hydrogen-bond acceptors (Lipinski definition) is 2. The lowest BCUT2D eigenvalue weighted by Gasteiger charge is -2.15. The van der Waals surface area contributed by atoms with Crippen LogP contribution >= 0.6 is 12.4 Å². The molecule has 1 heterocycles. The van der Waals surface area contributed by atoms with Gasteiger partial charge in [0.15, 0.2) is 0 Å². The third-order valence-corrected chi connectivity index (χ3v) is 3.52. The molecule has 88 valence electrons. The molecule has 2 aliphatic rings. The van der Waals surface area contributed by atoms with Crippen LogP contribution in [-0.4, -0.2) is 13.2 Å². The van der Waals surface area contributed by atoms with Gasteiger partial charge in [0.25, 0.3) is 0 Å². The molecule has 16 heavy (non-hydrogen) atoms. The van der Waals surface area contributed by atoms with E-state index < -0.39 is 0 Å². The SMILES string of the molecule is CCNC1CCc2ccc3c(c21)CCO3.Cl. The summed E-state index contributed by atoms with van der Waals surface area (Å²) in [5.74, 6) is 1.12. The second-order valence-electron chi connectivity index (χ2n) is 4.36. The average Bonchev–Trinajstić information content (AvgIpc) is 2.83. The van der Waals surface area contributed by atoms with Crippen LogP contribution in [0.2, 0.25) is 0 Å². The van der Waals surface area contributed by atoms with Crippen molar-refractivity contribution >= 4 is 12.4 Å². The van der Waals surface area contributed by atoms with Gasteiger partial charge in [-0.15, -0.1) is 12.4 Å². The molecule has 0 fully saturated rings. The molecule has 1 aliphatic carbocycles. The van der Waals surface area contributed by atoms with Crippen LogP contribution in [0.15, 0.2) is 12.1 Å². The number of fused-ring (bicyclic) bond motifs is 3. The Morgan fingerprint density at radius 1 is 1.38 bits per heavy atom. The number of benzene rings is 1. The summed E-state index contributed by atoms with van der Waals surface area (Å²) in [6, 6.07) is 4.97. The lowest BCUT2D eigenvalue weighted by Crippen LogP contribution is -2.19. The molecule has 2 nitrogen and oxygen atoms in total. The van der Waals surface area contributed by atoms with Crippen molar-refractivity contribution in [3.05, 3.63) is 28.8 Å². The summed E-state index contributed by atoms with van der Waals surface area (Å²) in [6.07, 6.45) is 3.57. The average molecular weight is 240 g/mol. The van der Waals surface area contributed by atoms with Crippen LogP contribution in [0, 0.1) is 0 Å². The Kier molecular flexibility index (Phi) is 3.41. The van der Waals surface area contributed by atoms with Gasteiger partial charge in [-0.3, -0.25) is 0 Å². The summed E-state index contributed by atoms with van der Waals surface area (Å²) in [6.45, 7) is 4.09. The molecule has 1 atom stereocenters. The van der Waals surface area contributed by atoms with Crippen LogP contribution in [0.4, 0.5) is 0 Å². The van der Waals surface area contributed by atoms with Crippen LogP contribution in [0.5, 0.6) is 5.75 Å². The number of halogens is 1. The molecule has 0 saturated heterocycles. The minimum Gasteiger partial charge on any atom is -0.493 e. The van der Waals surface area contributed by atoms with Crippen molar-refractivity contribution in [1.29, 1.82) is 0 Å². The number of rotatable bonds is 2. The normalized spacial score (nSPS) is 20.9. The van der Waals surface area contributed by atoms with Crippen molar-refractivity contribution in [2.24, 2.45) is 0 Å². The number of ether oxygens (including phenoxy) is 1. The van der Waals surface area contributed by atoms with Gasteiger partial charge < -0.3 is 10.1 Å².